The first-order valence-corrected chi connectivity index (χ1v) is 9.46. The topological polar surface area (TPSA) is 66.5 Å². The lowest BCUT2D eigenvalue weighted by Crippen LogP contribution is -2.32. The highest BCUT2D eigenvalue weighted by Gasteiger charge is 2.20. The maximum atomic E-state index is 12.5. The lowest BCUT2D eigenvalue weighted by Gasteiger charge is -2.16. The molecule has 1 heterocycles. The van der Waals surface area contributed by atoms with E-state index in [1.165, 1.54) is 12.8 Å². The Labute approximate surface area is 160 Å². The molecule has 3 rings (SSSR count). The number of pyridine rings is 1. The van der Waals surface area contributed by atoms with Crippen LogP contribution in [0.1, 0.15) is 28.8 Å². The Morgan fingerprint density at radius 1 is 1.26 bits per heavy atom. The van der Waals surface area contributed by atoms with Crippen molar-refractivity contribution in [3.8, 4) is 11.5 Å². The Kier molecular flexibility index (Phi) is 6.79. The second-order valence-electron chi connectivity index (χ2n) is 7.25. The normalized spacial score (nSPS) is 13.6. The number of nitrogens with zero attached hydrogens (tertiary/aromatic N) is 2. The van der Waals surface area contributed by atoms with Crippen LogP contribution in [0, 0.1) is 5.92 Å². The molecule has 1 fully saturated rings. The van der Waals surface area contributed by atoms with E-state index in [2.05, 4.69) is 20.5 Å². The molecule has 1 aromatic carbocycles. The largest absolute Gasteiger partial charge is 0.455 e. The lowest BCUT2D eigenvalue weighted by atomic mass is 10.1. The first-order valence-electron chi connectivity index (χ1n) is 9.46. The van der Waals surface area contributed by atoms with Crippen LogP contribution >= 0.6 is 0 Å². The molecule has 1 aliphatic carbocycles. The van der Waals surface area contributed by atoms with Gasteiger partial charge in [-0.25, -0.2) is 0 Å². The molecule has 1 amide bonds. The number of benzene rings is 1. The van der Waals surface area contributed by atoms with Crippen LogP contribution in [0.15, 0.2) is 42.7 Å². The number of carbonyl (C=O) groups is 1. The Hall–Kier alpha value is -2.44. The van der Waals surface area contributed by atoms with Crippen molar-refractivity contribution in [2.75, 3.05) is 33.7 Å². The van der Waals surface area contributed by atoms with E-state index in [0.717, 1.165) is 31.1 Å². The van der Waals surface area contributed by atoms with Crippen molar-refractivity contribution in [2.24, 2.45) is 5.92 Å². The summed E-state index contributed by atoms with van der Waals surface area (Å²) in [4.78, 5) is 18.6. The molecule has 1 aliphatic rings. The molecule has 1 saturated carbocycles. The van der Waals surface area contributed by atoms with Gasteiger partial charge in [-0.2, -0.15) is 0 Å². The molecular weight excluding hydrogens is 340 g/mol. The molecule has 6 heteroatoms. The Morgan fingerprint density at radius 3 is 2.81 bits per heavy atom. The molecule has 2 N–H and O–H groups in total. The van der Waals surface area contributed by atoms with Gasteiger partial charge in [0.25, 0.3) is 5.91 Å². The Balaban J connectivity index is 1.63. The molecule has 0 bridgehead atoms. The monoisotopic (exact) mass is 368 g/mol. The van der Waals surface area contributed by atoms with E-state index in [-0.39, 0.29) is 5.91 Å². The van der Waals surface area contributed by atoms with Crippen LogP contribution in [0.4, 0.5) is 0 Å². The molecular formula is C21H28N4O2. The lowest BCUT2D eigenvalue weighted by molar-refractivity contribution is 0.0953. The molecule has 0 radical (unpaired) electrons. The average molecular weight is 368 g/mol. The summed E-state index contributed by atoms with van der Waals surface area (Å²) in [5.41, 5.74) is 1.62. The zero-order valence-corrected chi connectivity index (χ0v) is 16.1. The van der Waals surface area contributed by atoms with E-state index >= 15 is 0 Å². The molecule has 0 saturated heterocycles. The first-order chi connectivity index (χ1) is 13.1. The van der Waals surface area contributed by atoms with E-state index in [9.17, 15) is 4.79 Å². The summed E-state index contributed by atoms with van der Waals surface area (Å²) in [5, 5.41) is 6.34. The van der Waals surface area contributed by atoms with Crippen molar-refractivity contribution in [3.05, 3.63) is 53.9 Å². The third kappa shape index (κ3) is 6.34. The minimum atomic E-state index is -0.0874. The van der Waals surface area contributed by atoms with Crippen molar-refractivity contribution >= 4 is 5.91 Å². The van der Waals surface area contributed by atoms with Crippen molar-refractivity contribution in [3.63, 3.8) is 0 Å². The van der Waals surface area contributed by atoms with Gasteiger partial charge in [0.15, 0.2) is 0 Å². The van der Waals surface area contributed by atoms with Crippen molar-refractivity contribution in [1.82, 2.24) is 20.5 Å². The van der Waals surface area contributed by atoms with Crippen molar-refractivity contribution < 1.29 is 9.53 Å². The minimum absolute atomic E-state index is 0.0874. The van der Waals surface area contributed by atoms with Crippen LogP contribution in [-0.4, -0.2) is 49.5 Å². The van der Waals surface area contributed by atoms with Crippen LogP contribution in [0.25, 0.3) is 0 Å². The van der Waals surface area contributed by atoms with Gasteiger partial charge in [0.05, 0.1) is 6.20 Å². The summed E-state index contributed by atoms with van der Waals surface area (Å²) in [7, 11) is 4.01. The summed E-state index contributed by atoms with van der Waals surface area (Å²) < 4.78 is 6.00. The molecule has 6 nitrogen and oxygen atoms in total. The van der Waals surface area contributed by atoms with Gasteiger partial charge < -0.3 is 20.3 Å². The molecule has 0 atom stereocenters. The average Bonchev–Trinajstić information content (AvgIpc) is 3.47. The van der Waals surface area contributed by atoms with Crippen molar-refractivity contribution in [2.45, 2.75) is 19.4 Å². The number of hydrogen-bond donors (Lipinski definition) is 2. The van der Waals surface area contributed by atoms with Crippen LogP contribution < -0.4 is 15.4 Å². The highest BCUT2D eigenvalue weighted by molar-refractivity contribution is 5.94. The van der Waals surface area contributed by atoms with Gasteiger partial charge in [0.2, 0.25) is 0 Å². The molecule has 27 heavy (non-hydrogen) atoms. The van der Waals surface area contributed by atoms with Crippen LogP contribution in [0.2, 0.25) is 0 Å². The predicted octanol–water partition coefficient (Wildman–Crippen LogP) is 2.66. The van der Waals surface area contributed by atoms with Gasteiger partial charge in [0.1, 0.15) is 11.5 Å². The Morgan fingerprint density at radius 2 is 2.11 bits per heavy atom. The van der Waals surface area contributed by atoms with Crippen molar-refractivity contribution in [1.29, 1.82) is 0 Å². The molecule has 2 aromatic rings. The Bertz CT molecular complexity index is 745. The smallest absolute Gasteiger partial charge is 0.251 e. The highest BCUT2D eigenvalue weighted by atomic mass is 16.5. The number of carbonyl (C=O) groups excluding carboxylic acids is 1. The zero-order valence-electron chi connectivity index (χ0n) is 16.1. The van der Waals surface area contributed by atoms with Gasteiger partial charge in [-0.15, -0.1) is 0 Å². The summed E-state index contributed by atoms with van der Waals surface area (Å²) in [5.74, 6) is 2.09. The number of ether oxygens (including phenoxy) is 1. The van der Waals surface area contributed by atoms with Gasteiger partial charge in [-0.1, -0.05) is 6.07 Å². The van der Waals surface area contributed by atoms with Crippen LogP contribution in [0.3, 0.4) is 0 Å². The van der Waals surface area contributed by atoms with E-state index in [4.69, 9.17) is 4.74 Å². The predicted molar refractivity (Wildman–Crippen MR) is 106 cm³/mol. The van der Waals surface area contributed by atoms with Gasteiger partial charge in [-0.3, -0.25) is 9.78 Å². The SMILES string of the molecule is CN(C)Cc1ccc(C(=O)NCCNCC2CC2)cc1Oc1cccnc1. The van der Waals surface area contributed by atoms with Gasteiger partial charge >= 0.3 is 0 Å². The molecule has 144 valence electrons. The maximum Gasteiger partial charge on any atom is 0.251 e. The van der Waals surface area contributed by atoms with E-state index in [0.29, 0.717) is 23.6 Å². The molecule has 1 aromatic heterocycles. The van der Waals surface area contributed by atoms with Gasteiger partial charge in [-0.05, 0) is 63.7 Å². The van der Waals surface area contributed by atoms with E-state index in [1.807, 2.05) is 38.4 Å². The molecule has 0 aliphatic heterocycles. The first kappa shape index (κ1) is 19.3. The fraction of sp³-hybridized carbons (Fsp3) is 0.429. The third-order valence-corrected chi connectivity index (χ3v) is 4.40. The summed E-state index contributed by atoms with van der Waals surface area (Å²) in [6.07, 6.45) is 6.03. The summed E-state index contributed by atoms with van der Waals surface area (Å²) in [6.45, 7) is 3.19. The second-order valence-corrected chi connectivity index (χ2v) is 7.25. The standard InChI is InChI=1S/C21H28N4O2/c1-25(2)15-18-8-7-17(12-20(18)27-19-4-3-9-22-14-19)21(26)24-11-10-23-13-16-5-6-16/h3-4,7-9,12,14,16,23H,5-6,10-11,13,15H2,1-2H3,(H,24,26). The number of amides is 1. The molecule has 0 unspecified atom stereocenters. The molecule has 0 spiro atoms. The number of hydrogen-bond acceptors (Lipinski definition) is 5. The summed E-state index contributed by atoms with van der Waals surface area (Å²) >= 11 is 0. The van der Waals surface area contributed by atoms with Crippen LogP contribution in [-0.2, 0) is 6.54 Å². The van der Waals surface area contributed by atoms with E-state index in [1.54, 1.807) is 18.5 Å². The minimum Gasteiger partial charge on any atom is -0.455 e. The van der Waals surface area contributed by atoms with Crippen LogP contribution in [0.5, 0.6) is 11.5 Å². The second kappa shape index (κ2) is 9.48. The number of rotatable bonds is 10. The quantitative estimate of drug-likeness (QED) is 0.631. The maximum absolute atomic E-state index is 12.5. The fourth-order valence-electron chi connectivity index (χ4n) is 2.79. The van der Waals surface area contributed by atoms with Gasteiger partial charge in [0, 0.05) is 37.0 Å². The fourth-order valence-corrected chi connectivity index (χ4v) is 2.79. The zero-order chi connectivity index (χ0) is 19.1. The van der Waals surface area contributed by atoms with E-state index < -0.39 is 0 Å². The number of aromatic nitrogens is 1. The number of nitrogens with one attached hydrogen (secondary N) is 2. The third-order valence-electron chi connectivity index (χ3n) is 4.40. The summed E-state index contributed by atoms with van der Waals surface area (Å²) in [6, 6.07) is 9.28. The highest BCUT2D eigenvalue weighted by Crippen LogP contribution is 2.28.